The molecule has 19 heavy (non-hydrogen) atoms. The van der Waals surface area contributed by atoms with Gasteiger partial charge < -0.3 is 0 Å². The van der Waals surface area contributed by atoms with Crippen LogP contribution in [0.3, 0.4) is 0 Å². The number of benzene rings is 1. The molecule has 0 aliphatic carbocycles. The highest BCUT2D eigenvalue weighted by Crippen LogP contribution is 2.25. The summed E-state index contributed by atoms with van der Waals surface area (Å²) in [7, 11) is 0. The first-order chi connectivity index (χ1) is 9.08. The molecule has 0 saturated heterocycles. The number of aryl methyl sites for hydroxylation is 2. The summed E-state index contributed by atoms with van der Waals surface area (Å²) in [5, 5.41) is 4.63. The molecule has 5 heteroatoms. The maximum absolute atomic E-state index is 13.1. The molecule has 0 unspecified atom stereocenters. The van der Waals surface area contributed by atoms with Crippen molar-refractivity contribution in [2.45, 2.75) is 26.7 Å². The van der Waals surface area contributed by atoms with Gasteiger partial charge in [-0.15, -0.1) is 0 Å². The van der Waals surface area contributed by atoms with Crippen molar-refractivity contribution in [2.75, 3.05) is 0 Å². The Bertz CT molecular complexity index is 622. The number of hydrogen-bond acceptors (Lipinski definition) is 2. The predicted molar refractivity (Wildman–Crippen MR) is 72.7 cm³/mol. The van der Waals surface area contributed by atoms with Crippen LogP contribution < -0.4 is 0 Å². The van der Waals surface area contributed by atoms with Gasteiger partial charge in [0.15, 0.2) is 6.29 Å². The van der Waals surface area contributed by atoms with E-state index in [4.69, 9.17) is 11.6 Å². The first-order valence-electron chi connectivity index (χ1n) is 6.07. The van der Waals surface area contributed by atoms with Crippen LogP contribution in [0.25, 0.3) is 5.69 Å². The molecule has 0 fully saturated rings. The number of halogens is 2. The largest absolute Gasteiger partial charge is 0.298 e. The number of carbonyl (C=O) groups is 1. The Labute approximate surface area is 116 Å². The van der Waals surface area contributed by atoms with E-state index in [-0.39, 0.29) is 11.0 Å². The quantitative estimate of drug-likeness (QED) is 0.800. The molecular formula is C14H14ClFN2O. The zero-order valence-electron chi connectivity index (χ0n) is 10.8. The summed E-state index contributed by atoms with van der Waals surface area (Å²) >= 11 is 6.19. The third-order valence-electron chi connectivity index (χ3n) is 2.93. The lowest BCUT2D eigenvalue weighted by molar-refractivity contribution is 0.112. The van der Waals surface area contributed by atoms with Gasteiger partial charge in [-0.25, -0.2) is 9.07 Å². The molecule has 2 rings (SSSR count). The molecule has 2 aromatic rings. The standard InChI is InChI=1S/C14H14ClFN2O/c1-3-4-12-11(8-19)14(15)18(17-12)13-6-5-10(16)7-9(13)2/h5-8H,3-4H2,1-2H3. The highest BCUT2D eigenvalue weighted by molar-refractivity contribution is 6.32. The maximum Gasteiger partial charge on any atom is 0.155 e. The summed E-state index contributed by atoms with van der Waals surface area (Å²) in [4.78, 5) is 11.1. The Morgan fingerprint density at radius 3 is 2.79 bits per heavy atom. The van der Waals surface area contributed by atoms with Crippen molar-refractivity contribution < 1.29 is 9.18 Å². The van der Waals surface area contributed by atoms with Crippen LogP contribution in [0.4, 0.5) is 4.39 Å². The van der Waals surface area contributed by atoms with Crippen LogP contribution in [0.5, 0.6) is 0 Å². The van der Waals surface area contributed by atoms with Gasteiger partial charge >= 0.3 is 0 Å². The fourth-order valence-corrected chi connectivity index (χ4v) is 2.29. The van der Waals surface area contributed by atoms with Gasteiger partial charge in [-0.1, -0.05) is 24.9 Å². The molecule has 0 aliphatic heterocycles. The molecule has 1 heterocycles. The van der Waals surface area contributed by atoms with Gasteiger partial charge in [0.1, 0.15) is 11.0 Å². The summed E-state index contributed by atoms with van der Waals surface area (Å²) in [6.45, 7) is 3.78. The van der Waals surface area contributed by atoms with E-state index >= 15 is 0 Å². The molecule has 0 saturated carbocycles. The van der Waals surface area contributed by atoms with Crippen LogP contribution in [-0.2, 0) is 6.42 Å². The second-order valence-electron chi connectivity index (χ2n) is 4.36. The third kappa shape index (κ3) is 2.54. The number of carbonyl (C=O) groups excluding carboxylic acids is 1. The third-order valence-corrected chi connectivity index (χ3v) is 3.30. The predicted octanol–water partition coefficient (Wildman–Crippen LogP) is 3.74. The Morgan fingerprint density at radius 2 is 2.21 bits per heavy atom. The minimum atomic E-state index is -0.311. The average molecular weight is 281 g/mol. The Kier molecular flexibility index (Phi) is 4.00. The lowest BCUT2D eigenvalue weighted by atomic mass is 10.2. The summed E-state index contributed by atoms with van der Waals surface area (Å²) < 4.78 is 14.6. The van der Waals surface area contributed by atoms with Crippen LogP contribution in [0, 0.1) is 12.7 Å². The van der Waals surface area contributed by atoms with Crippen LogP contribution >= 0.6 is 11.6 Å². The van der Waals surface area contributed by atoms with E-state index < -0.39 is 0 Å². The second kappa shape index (κ2) is 5.53. The topological polar surface area (TPSA) is 34.9 Å². The lowest BCUT2D eigenvalue weighted by Crippen LogP contribution is -2.00. The highest BCUT2D eigenvalue weighted by Gasteiger charge is 2.17. The van der Waals surface area contributed by atoms with Crippen molar-refractivity contribution in [1.29, 1.82) is 0 Å². The van der Waals surface area contributed by atoms with Gasteiger partial charge in [0, 0.05) is 0 Å². The summed E-state index contributed by atoms with van der Waals surface area (Å²) in [6, 6.07) is 4.36. The molecule has 0 aliphatic rings. The average Bonchev–Trinajstić information content (AvgIpc) is 2.66. The molecular weight excluding hydrogens is 267 g/mol. The first-order valence-corrected chi connectivity index (χ1v) is 6.45. The first kappa shape index (κ1) is 13.7. The lowest BCUT2D eigenvalue weighted by Gasteiger charge is -2.06. The molecule has 0 N–H and O–H groups in total. The molecule has 1 aromatic carbocycles. The molecule has 0 bridgehead atoms. The minimum absolute atomic E-state index is 0.271. The molecule has 0 atom stereocenters. The van der Waals surface area contributed by atoms with Gasteiger partial charge in [-0.05, 0) is 37.1 Å². The van der Waals surface area contributed by atoms with E-state index in [1.807, 2.05) is 6.92 Å². The molecule has 100 valence electrons. The van der Waals surface area contributed by atoms with Gasteiger partial charge in [0.2, 0.25) is 0 Å². The monoisotopic (exact) mass is 280 g/mol. The highest BCUT2D eigenvalue weighted by atomic mass is 35.5. The van der Waals surface area contributed by atoms with Crippen molar-refractivity contribution in [3.63, 3.8) is 0 Å². The van der Waals surface area contributed by atoms with E-state index in [2.05, 4.69) is 5.10 Å². The molecule has 3 nitrogen and oxygen atoms in total. The number of aldehydes is 1. The van der Waals surface area contributed by atoms with Gasteiger partial charge in [0.25, 0.3) is 0 Å². The van der Waals surface area contributed by atoms with E-state index in [0.717, 1.165) is 12.7 Å². The van der Waals surface area contributed by atoms with Gasteiger partial charge in [0.05, 0.1) is 16.9 Å². The Balaban J connectivity index is 2.59. The Morgan fingerprint density at radius 1 is 1.47 bits per heavy atom. The molecule has 1 aromatic heterocycles. The van der Waals surface area contributed by atoms with E-state index in [1.165, 1.54) is 16.8 Å². The van der Waals surface area contributed by atoms with Crippen molar-refractivity contribution in [2.24, 2.45) is 0 Å². The Hall–Kier alpha value is -1.68. The SMILES string of the molecule is CCCc1nn(-c2ccc(F)cc2C)c(Cl)c1C=O. The molecule has 0 radical (unpaired) electrons. The van der Waals surface area contributed by atoms with Crippen molar-refractivity contribution in [3.8, 4) is 5.69 Å². The molecule has 0 amide bonds. The number of nitrogens with zero attached hydrogens (tertiary/aromatic N) is 2. The van der Waals surface area contributed by atoms with Crippen LogP contribution in [0.1, 0.15) is 35.0 Å². The van der Waals surface area contributed by atoms with E-state index in [0.29, 0.717) is 28.9 Å². The second-order valence-corrected chi connectivity index (χ2v) is 4.72. The summed E-state index contributed by atoms with van der Waals surface area (Å²) in [5.74, 6) is -0.311. The van der Waals surface area contributed by atoms with Crippen molar-refractivity contribution in [3.05, 3.63) is 46.0 Å². The number of rotatable bonds is 4. The zero-order valence-corrected chi connectivity index (χ0v) is 11.5. The summed E-state index contributed by atoms with van der Waals surface area (Å²) in [5.41, 5.74) is 2.47. The fraction of sp³-hybridized carbons (Fsp3) is 0.286. The normalized spacial score (nSPS) is 10.7. The smallest absolute Gasteiger partial charge is 0.155 e. The zero-order chi connectivity index (χ0) is 14.0. The molecule has 0 spiro atoms. The van der Waals surface area contributed by atoms with Crippen LogP contribution in [0.15, 0.2) is 18.2 Å². The summed E-state index contributed by atoms with van der Waals surface area (Å²) in [6.07, 6.45) is 2.27. The van der Waals surface area contributed by atoms with Gasteiger partial charge in [-0.3, -0.25) is 4.79 Å². The van der Waals surface area contributed by atoms with E-state index in [1.54, 1.807) is 13.0 Å². The fourth-order valence-electron chi connectivity index (χ4n) is 2.01. The van der Waals surface area contributed by atoms with Crippen LogP contribution in [0.2, 0.25) is 5.15 Å². The van der Waals surface area contributed by atoms with Crippen molar-refractivity contribution >= 4 is 17.9 Å². The maximum atomic E-state index is 13.1. The van der Waals surface area contributed by atoms with E-state index in [9.17, 15) is 9.18 Å². The van der Waals surface area contributed by atoms with Crippen LogP contribution in [-0.4, -0.2) is 16.1 Å². The van der Waals surface area contributed by atoms with Gasteiger partial charge in [-0.2, -0.15) is 5.10 Å². The number of hydrogen-bond donors (Lipinski definition) is 0. The minimum Gasteiger partial charge on any atom is -0.298 e. The van der Waals surface area contributed by atoms with Crippen molar-refractivity contribution in [1.82, 2.24) is 9.78 Å². The number of aromatic nitrogens is 2.